The number of halogens is 5. The molecule has 0 unspecified atom stereocenters. The molecule has 3 nitrogen and oxygen atoms in total. The zero-order valence-electron chi connectivity index (χ0n) is 9.77. The second-order valence-corrected chi connectivity index (χ2v) is 3.49. The van der Waals surface area contributed by atoms with Crippen LogP contribution in [0, 0.1) is 17.5 Å². The molecule has 0 atom stereocenters. The fraction of sp³-hybridized carbons (Fsp3) is 0. The minimum absolute atomic E-state index is 0. The molecule has 0 radical (unpaired) electrons. The molecule has 0 spiro atoms. The molecule has 0 aliphatic carbocycles. The molecule has 0 aliphatic heterocycles. The topological polar surface area (TPSA) is 56.0 Å². The summed E-state index contributed by atoms with van der Waals surface area (Å²) in [6.45, 7) is 0. The van der Waals surface area contributed by atoms with Crippen molar-refractivity contribution in [2.75, 3.05) is 0 Å². The maximum absolute atomic E-state index is 13.5. The number of carbonyl (C=O) groups excluding carboxylic acids is 1. The van der Waals surface area contributed by atoms with Gasteiger partial charge in [0.25, 0.3) is 5.91 Å². The first-order valence-electron chi connectivity index (χ1n) is 4.91. The summed E-state index contributed by atoms with van der Waals surface area (Å²) in [5.41, 5.74) is 3.50. The SMILES string of the molecule is Cl.Cl.NC(=O)c1ccc(F)c(-c2c(F)cccc2F)n1. The van der Waals surface area contributed by atoms with Crippen LogP contribution >= 0.6 is 24.8 Å². The van der Waals surface area contributed by atoms with E-state index in [2.05, 4.69) is 4.98 Å². The molecule has 0 fully saturated rings. The third kappa shape index (κ3) is 3.40. The molecule has 1 aromatic carbocycles. The van der Waals surface area contributed by atoms with Crippen molar-refractivity contribution in [2.45, 2.75) is 0 Å². The lowest BCUT2D eigenvalue weighted by Gasteiger charge is -2.06. The van der Waals surface area contributed by atoms with Gasteiger partial charge in [0.2, 0.25) is 0 Å². The third-order valence-electron chi connectivity index (χ3n) is 2.30. The molecule has 0 bridgehead atoms. The number of nitrogens with two attached hydrogens (primary N) is 1. The van der Waals surface area contributed by atoms with Crippen LogP contribution in [-0.2, 0) is 0 Å². The van der Waals surface area contributed by atoms with E-state index in [0.717, 1.165) is 30.3 Å². The summed E-state index contributed by atoms with van der Waals surface area (Å²) in [5.74, 6) is -3.79. The standard InChI is InChI=1S/C12H7F3N2O.2ClH/c13-6-2-1-3-7(14)10(6)11-8(15)4-5-9(17-11)12(16)18;;/h1-5H,(H2,16,18);2*1H. The van der Waals surface area contributed by atoms with Gasteiger partial charge in [-0.15, -0.1) is 24.8 Å². The van der Waals surface area contributed by atoms with Gasteiger partial charge in [0, 0.05) is 0 Å². The second-order valence-electron chi connectivity index (χ2n) is 3.49. The Morgan fingerprint density at radius 2 is 1.50 bits per heavy atom. The molecule has 2 aromatic rings. The minimum atomic E-state index is -0.969. The van der Waals surface area contributed by atoms with Crippen molar-refractivity contribution in [1.82, 2.24) is 4.98 Å². The Hall–Kier alpha value is -1.79. The van der Waals surface area contributed by atoms with E-state index in [1.54, 1.807) is 0 Å². The Morgan fingerprint density at radius 1 is 0.950 bits per heavy atom. The number of hydrogen-bond donors (Lipinski definition) is 1. The minimum Gasteiger partial charge on any atom is -0.364 e. The van der Waals surface area contributed by atoms with E-state index >= 15 is 0 Å². The number of amides is 1. The lowest BCUT2D eigenvalue weighted by Crippen LogP contribution is -2.14. The number of hydrogen-bond acceptors (Lipinski definition) is 2. The van der Waals surface area contributed by atoms with Gasteiger partial charge in [-0.2, -0.15) is 0 Å². The van der Waals surface area contributed by atoms with Crippen molar-refractivity contribution in [3.63, 3.8) is 0 Å². The van der Waals surface area contributed by atoms with Crippen LogP contribution < -0.4 is 5.73 Å². The fourth-order valence-electron chi connectivity index (χ4n) is 1.48. The quantitative estimate of drug-likeness (QED) is 0.922. The van der Waals surface area contributed by atoms with E-state index in [0.29, 0.717) is 0 Å². The number of aromatic nitrogens is 1. The van der Waals surface area contributed by atoms with E-state index in [4.69, 9.17) is 5.73 Å². The molecule has 1 aromatic heterocycles. The van der Waals surface area contributed by atoms with Gasteiger partial charge in [-0.3, -0.25) is 4.79 Å². The van der Waals surface area contributed by atoms with Gasteiger partial charge in [0.05, 0.1) is 5.56 Å². The molecule has 8 heteroatoms. The summed E-state index contributed by atoms with van der Waals surface area (Å²) in [6.07, 6.45) is 0. The average molecular weight is 325 g/mol. The normalized spacial score (nSPS) is 9.35. The monoisotopic (exact) mass is 324 g/mol. The zero-order chi connectivity index (χ0) is 13.3. The highest BCUT2D eigenvalue weighted by molar-refractivity contribution is 5.91. The molecule has 20 heavy (non-hydrogen) atoms. The van der Waals surface area contributed by atoms with Gasteiger partial charge in [-0.25, -0.2) is 18.2 Å². The summed E-state index contributed by atoms with van der Waals surface area (Å²) in [7, 11) is 0. The van der Waals surface area contributed by atoms with Crippen molar-refractivity contribution in [2.24, 2.45) is 5.73 Å². The van der Waals surface area contributed by atoms with E-state index in [-0.39, 0.29) is 30.5 Å². The molecule has 0 saturated heterocycles. The molecule has 2 N–H and O–H groups in total. The van der Waals surface area contributed by atoms with Crippen molar-refractivity contribution < 1.29 is 18.0 Å². The van der Waals surface area contributed by atoms with E-state index in [1.165, 1.54) is 0 Å². The second kappa shape index (κ2) is 7.12. The van der Waals surface area contributed by atoms with Crippen LogP contribution in [0.1, 0.15) is 10.5 Å². The van der Waals surface area contributed by atoms with E-state index < -0.39 is 34.6 Å². The van der Waals surface area contributed by atoms with Gasteiger partial charge in [0.15, 0.2) is 0 Å². The number of rotatable bonds is 2. The van der Waals surface area contributed by atoms with Gasteiger partial charge in [-0.1, -0.05) is 6.07 Å². The Bertz CT molecular complexity index is 618. The van der Waals surface area contributed by atoms with Crippen LogP contribution in [0.3, 0.4) is 0 Å². The number of primary amides is 1. The smallest absolute Gasteiger partial charge is 0.267 e. The molecule has 108 valence electrons. The maximum atomic E-state index is 13.5. The van der Waals surface area contributed by atoms with Crippen molar-refractivity contribution in [1.29, 1.82) is 0 Å². The summed E-state index contributed by atoms with van der Waals surface area (Å²) in [5, 5.41) is 0. The summed E-state index contributed by atoms with van der Waals surface area (Å²) in [4.78, 5) is 14.4. The Kier molecular flexibility index (Phi) is 6.48. The largest absolute Gasteiger partial charge is 0.364 e. The summed E-state index contributed by atoms with van der Waals surface area (Å²) in [6, 6.07) is 5.01. The van der Waals surface area contributed by atoms with Crippen molar-refractivity contribution >= 4 is 30.7 Å². The maximum Gasteiger partial charge on any atom is 0.267 e. The Balaban J connectivity index is 0.00000180. The van der Waals surface area contributed by atoms with Crippen LogP contribution in [-0.4, -0.2) is 10.9 Å². The molecule has 2 rings (SSSR count). The highest BCUT2D eigenvalue weighted by atomic mass is 35.5. The Labute approximate surface area is 124 Å². The molecule has 1 amide bonds. The van der Waals surface area contributed by atoms with Crippen molar-refractivity contribution in [3.05, 3.63) is 53.5 Å². The van der Waals surface area contributed by atoms with Crippen LogP contribution in [0.15, 0.2) is 30.3 Å². The van der Waals surface area contributed by atoms with Gasteiger partial charge in [0.1, 0.15) is 28.8 Å². The summed E-state index contributed by atoms with van der Waals surface area (Å²) < 4.78 is 40.5. The highest BCUT2D eigenvalue weighted by Crippen LogP contribution is 2.26. The average Bonchev–Trinajstić information content (AvgIpc) is 2.30. The van der Waals surface area contributed by atoms with Crippen LogP contribution in [0.25, 0.3) is 11.3 Å². The Morgan fingerprint density at radius 3 is 2.00 bits per heavy atom. The van der Waals surface area contributed by atoms with Crippen LogP contribution in [0.2, 0.25) is 0 Å². The first-order valence-corrected chi connectivity index (χ1v) is 4.91. The molecular formula is C12H9Cl2F3N2O. The molecule has 0 aliphatic rings. The molecule has 1 heterocycles. The number of pyridine rings is 1. The predicted octanol–water partition coefficient (Wildman–Crippen LogP) is 3.11. The van der Waals surface area contributed by atoms with Gasteiger partial charge in [-0.05, 0) is 24.3 Å². The van der Waals surface area contributed by atoms with Crippen molar-refractivity contribution in [3.8, 4) is 11.3 Å². The van der Waals surface area contributed by atoms with Crippen LogP contribution in [0.4, 0.5) is 13.2 Å². The van der Waals surface area contributed by atoms with Gasteiger partial charge < -0.3 is 5.73 Å². The van der Waals surface area contributed by atoms with Gasteiger partial charge >= 0.3 is 0 Å². The number of nitrogens with zero attached hydrogens (tertiary/aromatic N) is 1. The lowest BCUT2D eigenvalue weighted by molar-refractivity contribution is 0.0995. The number of carbonyl (C=O) groups is 1. The first kappa shape index (κ1) is 18.2. The zero-order valence-corrected chi connectivity index (χ0v) is 11.4. The van der Waals surface area contributed by atoms with Crippen LogP contribution in [0.5, 0.6) is 0 Å². The predicted molar refractivity (Wildman–Crippen MR) is 72.6 cm³/mol. The van der Waals surface area contributed by atoms with E-state index in [1.807, 2.05) is 0 Å². The molecular weight excluding hydrogens is 316 g/mol. The summed E-state index contributed by atoms with van der Waals surface area (Å²) >= 11 is 0. The first-order chi connectivity index (χ1) is 8.50. The highest BCUT2D eigenvalue weighted by Gasteiger charge is 2.18. The van der Waals surface area contributed by atoms with E-state index in [9.17, 15) is 18.0 Å². The number of benzene rings is 1. The lowest BCUT2D eigenvalue weighted by atomic mass is 10.1. The molecule has 0 saturated carbocycles. The fourth-order valence-corrected chi connectivity index (χ4v) is 1.48. The third-order valence-corrected chi connectivity index (χ3v) is 2.30.